The van der Waals surface area contributed by atoms with Crippen LogP contribution in [0.5, 0.6) is 0 Å². The Kier molecular flexibility index (Phi) is 10.9. The quantitative estimate of drug-likeness (QED) is 0.750. The highest BCUT2D eigenvalue weighted by Gasteiger charge is 1.92. The Morgan fingerprint density at radius 1 is 1.24 bits per heavy atom. The minimum atomic E-state index is 0.967. The number of nitrogens with zero attached hydrogens (tertiary/aromatic N) is 1. The molecule has 0 spiro atoms. The highest BCUT2D eigenvalue weighted by molar-refractivity contribution is 5.79. The minimum Gasteiger partial charge on any atom is -0.360 e. The van der Waals surface area contributed by atoms with Gasteiger partial charge in [0.2, 0.25) is 0 Å². The van der Waals surface area contributed by atoms with Crippen LogP contribution in [0.1, 0.15) is 46.1 Å². The number of allylic oxidation sites excluding steroid dienone is 2. The summed E-state index contributed by atoms with van der Waals surface area (Å²) in [5.74, 6) is 0. The van der Waals surface area contributed by atoms with Gasteiger partial charge in [0.05, 0.1) is 0 Å². The Bertz CT molecular complexity index is 453. The third kappa shape index (κ3) is 9.67. The van der Waals surface area contributed by atoms with Crippen LogP contribution in [0.15, 0.2) is 53.2 Å². The summed E-state index contributed by atoms with van der Waals surface area (Å²) < 4.78 is 0. The van der Waals surface area contributed by atoms with Gasteiger partial charge in [-0.05, 0) is 44.4 Å². The minimum absolute atomic E-state index is 0.967. The first-order valence-electron chi connectivity index (χ1n) is 7.80. The molecule has 1 aromatic carbocycles. The van der Waals surface area contributed by atoms with E-state index in [9.17, 15) is 0 Å². The van der Waals surface area contributed by atoms with Gasteiger partial charge >= 0.3 is 0 Å². The summed E-state index contributed by atoms with van der Waals surface area (Å²) in [7, 11) is 0. The van der Waals surface area contributed by atoms with Crippen LogP contribution in [-0.4, -0.2) is 12.8 Å². The lowest BCUT2D eigenvalue weighted by molar-refractivity contribution is 0.969. The molecule has 1 aliphatic rings. The summed E-state index contributed by atoms with van der Waals surface area (Å²) in [5.41, 5.74) is 4.73. The van der Waals surface area contributed by atoms with Crippen molar-refractivity contribution in [3.05, 3.63) is 53.8 Å². The second-order valence-electron chi connectivity index (χ2n) is 4.73. The molecule has 1 N–H and O–H groups in total. The molecule has 0 saturated carbocycles. The van der Waals surface area contributed by atoms with Crippen LogP contribution in [-0.2, 0) is 0 Å². The maximum atomic E-state index is 4.14. The molecule has 1 heterocycles. The molecule has 0 unspecified atom stereocenters. The number of hydrogen-bond donors (Lipinski definition) is 1. The Morgan fingerprint density at radius 2 is 1.86 bits per heavy atom. The monoisotopic (exact) mass is 286 g/mol. The number of aliphatic imine (C=N–C) groups is 1. The normalized spacial score (nSPS) is 12.1. The van der Waals surface area contributed by atoms with Crippen LogP contribution < -0.4 is 5.32 Å². The van der Waals surface area contributed by atoms with Crippen LogP contribution >= 0.6 is 0 Å². The van der Waals surface area contributed by atoms with Crippen molar-refractivity contribution in [1.82, 2.24) is 0 Å². The van der Waals surface area contributed by atoms with Gasteiger partial charge in [-0.15, -0.1) is 0 Å². The predicted octanol–water partition coefficient (Wildman–Crippen LogP) is 5.76. The average molecular weight is 286 g/mol. The van der Waals surface area contributed by atoms with Crippen molar-refractivity contribution >= 4 is 11.9 Å². The smallest absolute Gasteiger partial charge is 0.0424 e. The Hall–Kier alpha value is -1.83. The van der Waals surface area contributed by atoms with Crippen LogP contribution in [0.4, 0.5) is 5.69 Å². The molecule has 0 fully saturated rings. The van der Waals surface area contributed by atoms with E-state index >= 15 is 0 Å². The fourth-order valence-corrected chi connectivity index (χ4v) is 1.68. The van der Waals surface area contributed by atoms with E-state index in [0.29, 0.717) is 0 Å². The van der Waals surface area contributed by atoms with Crippen molar-refractivity contribution < 1.29 is 0 Å². The summed E-state index contributed by atoms with van der Waals surface area (Å²) in [6, 6.07) is 8.24. The summed E-state index contributed by atoms with van der Waals surface area (Å²) in [6.07, 6.45) is 6.50. The third-order valence-corrected chi connectivity index (χ3v) is 2.74. The van der Waals surface area contributed by atoms with Crippen LogP contribution in [0, 0.1) is 6.92 Å². The molecular formula is C19H30N2. The van der Waals surface area contributed by atoms with Crippen molar-refractivity contribution in [1.29, 1.82) is 0 Å². The van der Waals surface area contributed by atoms with Gasteiger partial charge in [-0.25, -0.2) is 0 Å². The molecular weight excluding hydrogens is 256 g/mol. The Labute approximate surface area is 130 Å². The Morgan fingerprint density at radius 3 is 2.24 bits per heavy atom. The molecule has 0 bridgehead atoms. The topological polar surface area (TPSA) is 24.4 Å². The van der Waals surface area contributed by atoms with E-state index in [1.165, 1.54) is 11.1 Å². The van der Waals surface area contributed by atoms with E-state index < -0.39 is 0 Å². The molecule has 0 aliphatic carbocycles. The third-order valence-electron chi connectivity index (χ3n) is 2.74. The lowest BCUT2D eigenvalue weighted by Crippen LogP contribution is -1.92. The van der Waals surface area contributed by atoms with Gasteiger partial charge in [0, 0.05) is 24.1 Å². The van der Waals surface area contributed by atoms with Crippen LogP contribution in [0.2, 0.25) is 0 Å². The number of benzene rings is 1. The van der Waals surface area contributed by atoms with Gasteiger partial charge < -0.3 is 5.32 Å². The number of hydrogen-bond acceptors (Lipinski definition) is 2. The Balaban J connectivity index is 0.000000354. The van der Waals surface area contributed by atoms with Gasteiger partial charge in [-0.1, -0.05) is 51.1 Å². The lowest BCUT2D eigenvalue weighted by atomic mass is 10.1. The van der Waals surface area contributed by atoms with E-state index in [1.54, 1.807) is 0 Å². The molecule has 0 saturated heterocycles. The zero-order valence-corrected chi connectivity index (χ0v) is 14.2. The molecule has 1 aliphatic heterocycles. The maximum Gasteiger partial charge on any atom is 0.0424 e. The summed E-state index contributed by atoms with van der Waals surface area (Å²) >= 11 is 0. The fourth-order valence-electron chi connectivity index (χ4n) is 1.68. The lowest BCUT2D eigenvalue weighted by Gasteiger charge is -2.04. The molecule has 2 rings (SSSR count). The van der Waals surface area contributed by atoms with Gasteiger partial charge in [0.25, 0.3) is 0 Å². The summed E-state index contributed by atoms with van der Waals surface area (Å²) in [6.45, 7) is 14.9. The second kappa shape index (κ2) is 12.0. The molecule has 21 heavy (non-hydrogen) atoms. The van der Waals surface area contributed by atoms with Crippen LogP contribution in [0.25, 0.3) is 0 Å². The van der Waals surface area contributed by atoms with Gasteiger partial charge in [0.1, 0.15) is 0 Å². The SMILES string of the molecule is C=C(C)Nc1ccc(C)cc1.CC.CCC1=CCCN=C1. The fraction of sp³-hybridized carbons (Fsp3) is 0.421. The number of anilines is 1. The van der Waals surface area contributed by atoms with Crippen LogP contribution in [0.3, 0.4) is 0 Å². The molecule has 0 aromatic heterocycles. The van der Waals surface area contributed by atoms with Gasteiger partial charge in [-0.2, -0.15) is 0 Å². The van der Waals surface area contributed by atoms with Crippen molar-refractivity contribution in [3.63, 3.8) is 0 Å². The number of rotatable bonds is 3. The largest absolute Gasteiger partial charge is 0.360 e. The molecule has 2 nitrogen and oxygen atoms in total. The molecule has 2 heteroatoms. The average Bonchev–Trinajstić information content (AvgIpc) is 2.52. The van der Waals surface area contributed by atoms with Crippen molar-refractivity contribution in [2.75, 3.05) is 11.9 Å². The van der Waals surface area contributed by atoms with Gasteiger partial charge in [0.15, 0.2) is 0 Å². The highest BCUT2D eigenvalue weighted by Crippen LogP contribution is 2.09. The van der Waals surface area contributed by atoms with Crippen molar-refractivity contribution in [3.8, 4) is 0 Å². The molecule has 0 amide bonds. The van der Waals surface area contributed by atoms with Crippen molar-refractivity contribution in [2.45, 2.75) is 47.5 Å². The van der Waals surface area contributed by atoms with Crippen molar-refractivity contribution in [2.24, 2.45) is 4.99 Å². The predicted molar refractivity (Wildman–Crippen MR) is 97.3 cm³/mol. The standard InChI is InChI=1S/C10H13N.C7H11N.C2H6/c1-8(2)11-10-6-4-9(3)5-7-10;1-2-7-4-3-5-8-6-7;1-2/h4-7,11H,1H2,2-3H3;4,6H,2-3,5H2,1H3;1-2H3. The van der Waals surface area contributed by atoms with E-state index in [2.05, 4.69) is 48.9 Å². The maximum absolute atomic E-state index is 4.14. The number of aryl methyl sites for hydroxylation is 1. The van der Waals surface area contributed by atoms with E-state index in [-0.39, 0.29) is 0 Å². The van der Waals surface area contributed by atoms with E-state index in [4.69, 9.17) is 0 Å². The summed E-state index contributed by atoms with van der Waals surface area (Å²) in [4.78, 5) is 4.14. The summed E-state index contributed by atoms with van der Waals surface area (Å²) in [5, 5.41) is 3.14. The van der Waals surface area contributed by atoms with E-state index in [1.807, 2.05) is 39.1 Å². The molecule has 1 aromatic rings. The highest BCUT2D eigenvalue weighted by atomic mass is 14.9. The van der Waals surface area contributed by atoms with Gasteiger partial charge in [-0.3, -0.25) is 4.99 Å². The molecule has 116 valence electrons. The zero-order valence-electron chi connectivity index (χ0n) is 14.2. The molecule has 0 radical (unpaired) electrons. The number of dihydropyridines is 1. The van der Waals surface area contributed by atoms with E-state index in [0.717, 1.165) is 30.8 Å². The first kappa shape index (κ1) is 19.2. The number of nitrogens with one attached hydrogen (secondary N) is 1. The first-order valence-corrected chi connectivity index (χ1v) is 7.80. The molecule has 0 atom stereocenters. The zero-order chi connectivity index (χ0) is 16.1. The first-order chi connectivity index (χ1) is 10.1. The second-order valence-corrected chi connectivity index (χ2v) is 4.73.